The first kappa shape index (κ1) is 13.5. The van der Waals surface area contributed by atoms with Gasteiger partial charge in [-0.3, -0.25) is 14.7 Å². The minimum Gasteiger partial charge on any atom is -0.357 e. The first-order valence-corrected chi connectivity index (χ1v) is 6.32. The van der Waals surface area contributed by atoms with Crippen molar-refractivity contribution in [1.29, 1.82) is 0 Å². The van der Waals surface area contributed by atoms with E-state index in [1.807, 2.05) is 6.92 Å². The number of amides is 2. The molecule has 104 valence electrons. The van der Waals surface area contributed by atoms with E-state index < -0.39 is 6.04 Å². The zero-order valence-electron chi connectivity index (χ0n) is 11.1. The summed E-state index contributed by atoms with van der Waals surface area (Å²) in [5.74, 6) is 0.278. The summed E-state index contributed by atoms with van der Waals surface area (Å²) in [4.78, 5) is 29.7. The first-order valence-electron chi connectivity index (χ1n) is 6.32. The Morgan fingerprint density at radius 2 is 2.32 bits per heavy atom. The minimum atomic E-state index is -0.519. The molecule has 1 aliphatic rings. The van der Waals surface area contributed by atoms with E-state index in [0.29, 0.717) is 31.9 Å². The Morgan fingerprint density at radius 1 is 1.53 bits per heavy atom. The number of piperazine rings is 1. The number of aromatic nitrogens is 3. The molecule has 2 heterocycles. The molecular formula is C11H18N6O2. The van der Waals surface area contributed by atoms with Crippen molar-refractivity contribution in [3.05, 3.63) is 11.6 Å². The van der Waals surface area contributed by atoms with Gasteiger partial charge in [0.2, 0.25) is 11.7 Å². The maximum Gasteiger partial charge on any atom is 0.294 e. The molecule has 0 spiro atoms. The number of H-pyrrole nitrogens is 1. The van der Waals surface area contributed by atoms with E-state index in [1.165, 1.54) is 4.90 Å². The van der Waals surface area contributed by atoms with Crippen LogP contribution in [0.25, 0.3) is 0 Å². The van der Waals surface area contributed by atoms with E-state index in [9.17, 15) is 9.59 Å². The van der Waals surface area contributed by atoms with Gasteiger partial charge >= 0.3 is 0 Å². The molecule has 1 fully saturated rings. The van der Waals surface area contributed by atoms with E-state index in [4.69, 9.17) is 0 Å². The van der Waals surface area contributed by atoms with E-state index >= 15 is 0 Å². The number of hydrogen-bond donors (Lipinski definition) is 3. The molecule has 0 aliphatic carbocycles. The second kappa shape index (κ2) is 5.79. The number of aryl methyl sites for hydroxylation is 1. The van der Waals surface area contributed by atoms with Crippen LogP contribution in [0.4, 0.5) is 0 Å². The van der Waals surface area contributed by atoms with Crippen molar-refractivity contribution in [2.75, 3.05) is 26.7 Å². The lowest BCUT2D eigenvalue weighted by molar-refractivity contribution is -0.125. The van der Waals surface area contributed by atoms with Gasteiger partial charge in [0.1, 0.15) is 11.9 Å². The summed E-state index contributed by atoms with van der Waals surface area (Å²) in [5, 5.41) is 12.3. The van der Waals surface area contributed by atoms with Gasteiger partial charge < -0.3 is 15.5 Å². The van der Waals surface area contributed by atoms with Crippen molar-refractivity contribution >= 4 is 11.8 Å². The molecule has 1 atom stereocenters. The number of hydrogen-bond acceptors (Lipinski definition) is 5. The number of rotatable bonds is 3. The van der Waals surface area contributed by atoms with Crippen LogP contribution in [0.5, 0.6) is 0 Å². The second-order valence-corrected chi connectivity index (χ2v) is 4.29. The van der Waals surface area contributed by atoms with Gasteiger partial charge in [-0.25, -0.2) is 4.98 Å². The molecule has 0 aromatic carbocycles. The van der Waals surface area contributed by atoms with Gasteiger partial charge in [0, 0.05) is 33.1 Å². The molecule has 1 aliphatic heterocycles. The lowest BCUT2D eigenvalue weighted by Gasteiger charge is -2.34. The maximum atomic E-state index is 12.3. The molecule has 1 aromatic heterocycles. The highest BCUT2D eigenvalue weighted by Gasteiger charge is 2.33. The predicted molar refractivity (Wildman–Crippen MR) is 67.5 cm³/mol. The largest absolute Gasteiger partial charge is 0.357 e. The van der Waals surface area contributed by atoms with Crippen LogP contribution in [0.3, 0.4) is 0 Å². The van der Waals surface area contributed by atoms with Crippen molar-refractivity contribution in [3.8, 4) is 0 Å². The van der Waals surface area contributed by atoms with Gasteiger partial charge in [-0.2, -0.15) is 0 Å². The number of nitrogens with one attached hydrogen (secondary N) is 3. The van der Waals surface area contributed by atoms with E-state index in [-0.39, 0.29) is 17.6 Å². The van der Waals surface area contributed by atoms with Crippen LogP contribution < -0.4 is 10.6 Å². The molecule has 2 rings (SSSR count). The minimum absolute atomic E-state index is 0.118. The molecule has 0 saturated carbocycles. The van der Waals surface area contributed by atoms with Crippen LogP contribution in [-0.4, -0.2) is 64.6 Å². The molecule has 3 N–H and O–H groups in total. The summed E-state index contributed by atoms with van der Waals surface area (Å²) in [6.45, 7) is 3.49. The first-order chi connectivity index (χ1) is 9.17. The SMILES string of the molecule is CCc1nc(C(=O)N2CCNCC2C(=O)NC)n[nH]1. The van der Waals surface area contributed by atoms with Crippen molar-refractivity contribution in [2.24, 2.45) is 0 Å². The Labute approximate surface area is 111 Å². The average molecular weight is 266 g/mol. The molecule has 1 saturated heterocycles. The highest BCUT2D eigenvalue weighted by atomic mass is 16.2. The molecular weight excluding hydrogens is 248 g/mol. The van der Waals surface area contributed by atoms with E-state index in [0.717, 1.165) is 0 Å². The Bertz CT molecular complexity index is 472. The van der Waals surface area contributed by atoms with Gasteiger partial charge in [-0.05, 0) is 0 Å². The molecule has 1 aromatic rings. The third kappa shape index (κ3) is 2.73. The third-order valence-corrected chi connectivity index (χ3v) is 3.11. The van der Waals surface area contributed by atoms with Crippen LogP contribution in [-0.2, 0) is 11.2 Å². The van der Waals surface area contributed by atoms with Crippen molar-refractivity contribution in [3.63, 3.8) is 0 Å². The molecule has 8 nitrogen and oxygen atoms in total. The van der Waals surface area contributed by atoms with Crippen LogP contribution >= 0.6 is 0 Å². The summed E-state index contributed by atoms with van der Waals surface area (Å²) in [6.07, 6.45) is 0.681. The molecule has 0 bridgehead atoms. The van der Waals surface area contributed by atoms with Crippen LogP contribution in [0.1, 0.15) is 23.4 Å². The van der Waals surface area contributed by atoms with Gasteiger partial charge in [0.05, 0.1) is 0 Å². The molecule has 8 heteroatoms. The number of likely N-dealkylation sites (N-methyl/N-ethyl adjacent to an activating group) is 1. The highest BCUT2D eigenvalue weighted by Crippen LogP contribution is 2.08. The topological polar surface area (TPSA) is 103 Å². The predicted octanol–water partition coefficient (Wildman–Crippen LogP) is -1.47. The second-order valence-electron chi connectivity index (χ2n) is 4.29. The number of carbonyl (C=O) groups is 2. The summed E-state index contributed by atoms with van der Waals surface area (Å²) in [7, 11) is 1.56. The molecule has 0 radical (unpaired) electrons. The smallest absolute Gasteiger partial charge is 0.294 e. The lowest BCUT2D eigenvalue weighted by atomic mass is 10.1. The van der Waals surface area contributed by atoms with Crippen LogP contribution in [0, 0.1) is 0 Å². The Hall–Kier alpha value is -1.96. The van der Waals surface area contributed by atoms with E-state index in [1.54, 1.807) is 7.05 Å². The Balaban J connectivity index is 2.17. The standard InChI is InChI=1S/C11H18N6O2/c1-3-8-14-9(16-15-8)11(19)17-5-4-13-6-7(17)10(18)12-2/h7,13H,3-6H2,1-2H3,(H,12,18)(H,14,15,16). The van der Waals surface area contributed by atoms with Gasteiger partial charge in [-0.15, -0.1) is 5.10 Å². The zero-order chi connectivity index (χ0) is 13.8. The third-order valence-electron chi connectivity index (χ3n) is 3.11. The fraction of sp³-hybridized carbons (Fsp3) is 0.636. The normalized spacial score (nSPS) is 19.3. The molecule has 2 amide bonds. The van der Waals surface area contributed by atoms with Crippen molar-refractivity contribution in [1.82, 2.24) is 30.7 Å². The van der Waals surface area contributed by atoms with Gasteiger partial charge in [0.15, 0.2) is 0 Å². The monoisotopic (exact) mass is 266 g/mol. The van der Waals surface area contributed by atoms with Gasteiger partial charge in [-0.1, -0.05) is 6.92 Å². The Morgan fingerprint density at radius 3 is 2.95 bits per heavy atom. The zero-order valence-corrected chi connectivity index (χ0v) is 11.1. The molecule has 19 heavy (non-hydrogen) atoms. The quantitative estimate of drug-likeness (QED) is 0.619. The van der Waals surface area contributed by atoms with Gasteiger partial charge in [0.25, 0.3) is 5.91 Å². The summed E-state index contributed by atoms with van der Waals surface area (Å²) >= 11 is 0. The molecule has 1 unspecified atom stereocenters. The number of aromatic amines is 1. The van der Waals surface area contributed by atoms with Crippen molar-refractivity contribution in [2.45, 2.75) is 19.4 Å². The fourth-order valence-electron chi connectivity index (χ4n) is 2.03. The number of carbonyl (C=O) groups excluding carboxylic acids is 2. The summed E-state index contributed by atoms with van der Waals surface area (Å²) < 4.78 is 0. The van der Waals surface area contributed by atoms with Crippen LogP contribution in [0.2, 0.25) is 0 Å². The Kier molecular flexibility index (Phi) is 4.10. The van der Waals surface area contributed by atoms with Crippen molar-refractivity contribution < 1.29 is 9.59 Å². The lowest BCUT2D eigenvalue weighted by Crippen LogP contribution is -2.59. The fourth-order valence-corrected chi connectivity index (χ4v) is 2.03. The average Bonchev–Trinajstić information content (AvgIpc) is 2.94. The van der Waals surface area contributed by atoms with Crippen LogP contribution in [0.15, 0.2) is 0 Å². The highest BCUT2D eigenvalue weighted by molar-refractivity contribution is 5.95. The summed E-state index contributed by atoms with van der Waals surface area (Å²) in [5.41, 5.74) is 0. The number of nitrogens with zero attached hydrogens (tertiary/aromatic N) is 3. The van der Waals surface area contributed by atoms with E-state index in [2.05, 4.69) is 25.8 Å². The maximum absolute atomic E-state index is 12.3. The summed E-state index contributed by atoms with van der Waals surface area (Å²) in [6, 6.07) is -0.519.